The molecule has 208 valence electrons. The second-order valence-corrected chi connectivity index (χ2v) is 11.8. The molecule has 8 aromatic carbocycles. The summed E-state index contributed by atoms with van der Waals surface area (Å²) >= 11 is 0. The van der Waals surface area contributed by atoms with Crippen molar-refractivity contribution in [2.45, 2.75) is 0 Å². The molecule has 0 spiro atoms. The van der Waals surface area contributed by atoms with E-state index in [1.54, 1.807) is 0 Å². The Hall–Kier alpha value is -6.06. The van der Waals surface area contributed by atoms with Gasteiger partial charge in [-0.05, 0) is 62.0 Å². The highest BCUT2D eigenvalue weighted by Gasteiger charge is 2.22. The Labute approximate surface area is 258 Å². The predicted molar refractivity (Wildman–Crippen MR) is 189 cm³/mol. The van der Waals surface area contributed by atoms with Gasteiger partial charge in [-0.2, -0.15) is 0 Å². The molecule has 0 fully saturated rings. The maximum atomic E-state index is 5.44. The van der Waals surface area contributed by atoms with Gasteiger partial charge in [0, 0.05) is 27.1 Å². The Kier molecular flexibility index (Phi) is 5.00. The number of para-hydroxylation sites is 1. The van der Waals surface area contributed by atoms with Gasteiger partial charge in [0.15, 0.2) is 0 Å². The highest BCUT2D eigenvalue weighted by Crippen LogP contribution is 2.43. The van der Waals surface area contributed by atoms with Gasteiger partial charge in [0.05, 0.1) is 22.2 Å². The molecule has 0 unspecified atom stereocenters. The van der Waals surface area contributed by atoms with Crippen LogP contribution in [0, 0.1) is 0 Å². The van der Waals surface area contributed by atoms with Gasteiger partial charge < -0.3 is 0 Å². The molecule has 0 atom stereocenters. The Balaban J connectivity index is 1.41. The van der Waals surface area contributed by atoms with Crippen LogP contribution in [0.5, 0.6) is 0 Å². The molecule has 0 saturated carbocycles. The smallest absolute Gasteiger partial charge is 0.235 e. The molecule has 0 amide bonds. The predicted octanol–water partition coefficient (Wildman–Crippen LogP) is 11.0. The third kappa shape index (κ3) is 3.52. The van der Waals surface area contributed by atoms with Crippen molar-refractivity contribution in [3.05, 3.63) is 152 Å². The molecule has 2 aromatic heterocycles. The monoisotopic (exact) mass is 571 g/mol. The largest absolute Gasteiger partial charge is 0.277 e. The second-order valence-electron chi connectivity index (χ2n) is 11.8. The van der Waals surface area contributed by atoms with Crippen molar-refractivity contribution in [1.82, 2.24) is 14.5 Å². The average Bonchev–Trinajstić information content (AvgIpc) is 3.44. The number of aromatic nitrogens is 3. The molecule has 0 N–H and O–H groups in total. The quantitative estimate of drug-likeness (QED) is 0.193. The first-order chi connectivity index (χ1) is 22.3. The van der Waals surface area contributed by atoms with E-state index >= 15 is 0 Å². The van der Waals surface area contributed by atoms with Crippen LogP contribution in [0.4, 0.5) is 0 Å². The average molecular weight is 572 g/mol. The van der Waals surface area contributed by atoms with Gasteiger partial charge in [-0.1, -0.05) is 127 Å². The van der Waals surface area contributed by atoms with Crippen molar-refractivity contribution in [3.63, 3.8) is 0 Å². The summed E-state index contributed by atoms with van der Waals surface area (Å²) in [5.41, 5.74) is 5.17. The van der Waals surface area contributed by atoms with Crippen LogP contribution < -0.4 is 0 Å². The first-order valence-corrected chi connectivity index (χ1v) is 15.3. The van der Waals surface area contributed by atoms with E-state index in [4.69, 9.17) is 9.97 Å². The van der Waals surface area contributed by atoms with Crippen LogP contribution >= 0.6 is 0 Å². The third-order valence-electron chi connectivity index (χ3n) is 9.32. The van der Waals surface area contributed by atoms with E-state index in [0.717, 1.165) is 33.2 Å². The van der Waals surface area contributed by atoms with E-state index in [2.05, 4.69) is 156 Å². The van der Waals surface area contributed by atoms with Gasteiger partial charge in [0.1, 0.15) is 0 Å². The minimum atomic E-state index is 0.674. The lowest BCUT2D eigenvalue weighted by Crippen LogP contribution is -2.04. The standard InChI is InChI=1S/C42H25N3/c1-2-12-27-23-30(22-21-26(27)11-1)40-35-19-9-10-20-37(35)43-42(44-40)45-38-25-29-14-4-3-13-28(29)24-36(38)39-33-17-7-5-15-31(33)32-16-6-8-18-34(32)41(39)45/h1-25H. The topological polar surface area (TPSA) is 30.7 Å². The second kappa shape index (κ2) is 9.22. The van der Waals surface area contributed by atoms with E-state index in [1.165, 1.54) is 53.9 Å². The molecule has 0 aliphatic heterocycles. The van der Waals surface area contributed by atoms with Crippen LogP contribution in [0.2, 0.25) is 0 Å². The van der Waals surface area contributed by atoms with E-state index in [1.807, 2.05) is 0 Å². The molecular formula is C42H25N3. The highest BCUT2D eigenvalue weighted by molar-refractivity contribution is 6.32. The lowest BCUT2D eigenvalue weighted by molar-refractivity contribution is 1.02. The lowest BCUT2D eigenvalue weighted by Gasteiger charge is -2.14. The first kappa shape index (κ1) is 24.4. The molecule has 0 bridgehead atoms. The van der Waals surface area contributed by atoms with Crippen molar-refractivity contribution in [2.24, 2.45) is 0 Å². The maximum Gasteiger partial charge on any atom is 0.235 e. The molecule has 0 aliphatic rings. The summed E-state index contributed by atoms with van der Waals surface area (Å²) in [4.78, 5) is 10.7. The van der Waals surface area contributed by atoms with Gasteiger partial charge >= 0.3 is 0 Å². The summed E-state index contributed by atoms with van der Waals surface area (Å²) in [7, 11) is 0. The van der Waals surface area contributed by atoms with Crippen molar-refractivity contribution in [2.75, 3.05) is 0 Å². The molecule has 10 aromatic rings. The van der Waals surface area contributed by atoms with Gasteiger partial charge in [0.2, 0.25) is 5.95 Å². The SMILES string of the molecule is c1ccc2cc(-c3nc(-n4c5cc6ccccc6cc5c5c6ccccc6c6ccccc6c54)nc4ccccc34)ccc2c1. The molecule has 0 saturated heterocycles. The molecule has 0 aliphatic carbocycles. The fraction of sp³-hybridized carbons (Fsp3) is 0. The molecule has 0 radical (unpaired) electrons. The fourth-order valence-electron chi connectivity index (χ4n) is 7.29. The van der Waals surface area contributed by atoms with Crippen LogP contribution in [-0.2, 0) is 0 Å². The highest BCUT2D eigenvalue weighted by atomic mass is 15.2. The number of benzene rings is 8. The zero-order valence-corrected chi connectivity index (χ0v) is 24.3. The third-order valence-corrected chi connectivity index (χ3v) is 9.32. The van der Waals surface area contributed by atoms with E-state index in [9.17, 15) is 0 Å². The summed E-state index contributed by atoms with van der Waals surface area (Å²) in [5, 5.41) is 13.2. The minimum absolute atomic E-state index is 0.674. The Morgan fingerprint density at radius 2 is 0.978 bits per heavy atom. The van der Waals surface area contributed by atoms with Crippen LogP contribution in [-0.4, -0.2) is 14.5 Å². The van der Waals surface area contributed by atoms with Crippen LogP contribution in [0.25, 0.3) is 93.0 Å². The summed E-state index contributed by atoms with van der Waals surface area (Å²) < 4.78 is 2.31. The molecule has 2 heterocycles. The molecule has 3 heteroatoms. The summed E-state index contributed by atoms with van der Waals surface area (Å²) in [6.45, 7) is 0. The number of fused-ring (bicyclic) bond motifs is 11. The Morgan fingerprint density at radius 3 is 1.76 bits per heavy atom. The lowest BCUT2D eigenvalue weighted by atomic mass is 9.96. The summed E-state index contributed by atoms with van der Waals surface area (Å²) in [6.07, 6.45) is 0. The van der Waals surface area contributed by atoms with Crippen molar-refractivity contribution < 1.29 is 0 Å². The number of rotatable bonds is 2. The van der Waals surface area contributed by atoms with Gasteiger partial charge in [-0.3, -0.25) is 4.57 Å². The Morgan fingerprint density at radius 1 is 0.400 bits per heavy atom. The van der Waals surface area contributed by atoms with Gasteiger partial charge in [-0.25, -0.2) is 9.97 Å². The molecule has 3 nitrogen and oxygen atoms in total. The molecule has 45 heavy (non-hydrogen) atoms. The van der Waals surface area contributed by atoms with E-state index < -0.39 is 0 Å². The van der Waals surface area contributed by atoms with Crippen LogP contribution in [0.1, 0.15) is 0 Å². The van der Waals surface area contributed by atoms with E-state index in [-0.39, 0.29) is 0 Å². The zero-order chi connectivity index (χ0) is 29.5. The normalized spacial score (nSPS) is 12.0. The van der Waals surface area contributed by atoms with Crippen molar-refractivity contribution >= 4 is 75.8 Å². The zero-order valence-electron chi connectivity index (χ0n) is 24.3. The summed E-state index contributed by atoms with van der Waals surface area (Å²) in [6, 6.07) is 54.3. The van der Waals surface area contributed by atoms with Crippen molar-refractivity contribution in [3.8, 4) is 17.2 Å². The first-order valence-electron chi connectivity index (χ1n) is 15.3. The van der Waals surface area contributed by atoms with Gasteiger partial charge in [-0.15, -0.1) is 0 Å². The van der Waals surface area contributed by atoms with E-state index in [0.29, 0.717) is 5.95 Å². The molecule has 10 rings (SSSR count). The summed E-state index contributed by atoms with van der Waals surface area (Å²) in [5.74, 6) is 0.674. The number of nitrogens with zero attached hydrogens (tertiary/aromatic N) is 3. The van der Waals surface area contributed by atoms with Crippen LogP contribution in [0.3, 0.4) is 0 Å². The van der Waals surface area contributed by atoms with Crippen molar-refractivity contribution in [1.29, 1.82) is 0 Å². The fourth-order valence-corrected chi connectivity index (χ4v) is 7.29. The number of hydrogen-bond donors (Lipinski definition) is 0. The van der Waals surface area contributed by atoms with Gasteiger partial charge in [0.25, 0.3) is 0 Å². The molecular weight excluding hydrogens is 546 g/mol. The minimum Gasteiger partial charge on any atom is -0.277 e. The van der Waals surface area contributed by atoms with Crippen LogP contribution in [0.15, 0.2) is 152 Å². The Bertz CT molecular complexity index is 2820. The number of hydrogen-bond acceptors (Lipinski definition) is 2. The maximum absolute atomic E-state index is 5.44.